The summed E-state index contributed by atoms with van der Waals surface area (Å²) in [6.07, 6.45) is 1.00. The molecule has 0 aliphatic carbocycles. The van der Waals surface area contributed by atoms with E-state index in [-0.39, 0.29) is 18.2 Å². The van der Waals surface area contributed by atoms with Gasteiger partial charge in [-0.25, -0.2) is 0 Å². The van der Waals surface area contributed by atoms with Crippen LogP contribution in [0.3, 0.4) is 0 Å². The normalized spacial score (nSPS) is 9.92. The first-order valence-corrected chi connectivity index (χ1v) is 8.15. The molecule has 5 heteroatoms. The van der Waals surface area contributed by atoms with E-state index in [1.54, 1.807) is 18.2 Å². The Morgan fingerprint density at radius 2 is 1.60 bits per heavy atom. The van der Waals surface area contributed by atoms with Crippen molar-refractivity contribution >= 4 is 17.5 Å². The predicted octanol–water partition coefficient (Wildman–Crippen LogP) is 3.10. The van der Waals surface area contributed by atoms with Crippen LogP contribution < -0.4 is 10.6 Å². The van der Waals surface area contributed by atoms with E-state index in [0.29, 0.717) is 18.7 Å². The lowest BCUT2D eigenvalue weighted by Crippen LogP contribution is -2.23. The van der Waals surface area contributed by atoms with Crippen molar-refractivity contribution in [3.8, 4) is 6.07 Å². The molecule has 0 saturated heterocycles. The number of hydrogen-bond donors (Lipinski definition) is 2. The minimum Gasteiger partial charge on any atom is -0.352 e. The SMILES string of the molecule is Cc1ccc(CCC(=O)NCc2ccc(NC(=O)CC#N)cc2)cc1. The van der Waals surface area contributed by atoms with Crippen LogP contribution in [-0.4, -0.2) is 11.8 Å². The second-order valence-corrected chi connectivity index (χ2v) is 5.84. The molecule has 0 radical (unpaired) electrons. The molecule has 0 saturated carbocycles. The summed E-state index contributed by atoms with van der Waals surface area (Å²) in [5, 5.41) is 14.0. The quantitative estimate of drug-likeness (QED) is 0.816. The molecule has 2 aromatic carbocycles. The summed E-state index contributed by atoms with van der Waals surface area (Å²) in [4.78, 5) is 23.3. The minimum atomic E-state index is -0.334. The Morgan fingerprint density at radius 3 is 2.24 bits per heavy atom. The summed E-state index contributed by atoms with van der Waals surface area (Å²) < 4.78 is 0. The van der Waals surface area contributed by atoms with Crippen molar-refractivity contribution in [2.24, 2.45) is 0 Å². The molecule has 0 atom stereocenters. The van der Waals surface area contributed by atoms with E-state index >= 15 is 0 Å². The van der Waals surface area contributed by atoms with Crippen LogP contribution in [0.15, 0.2) is 48.5 Å². The largest absolute Gasteiger partial charge is 0.352 e. The van der Waals surface area contributed by atoms with Crippen LogP contribution in [0.5, 0.6) is 0 Å². The Labute approximate surface area is 147 Å². The van der Waals surface area contributed by atoms with Crippen LogP contribution in [0.25, 0.3) is 0 Å². The van der Waals surface area contributed by atoms with Crippen molar-refractivity contribution in [1.82, 2.24) is 5.32 Å². The highest BCUT2D eigenvalue weighted by Gasteiger charge is 2.04. The van der Waals surface area contributed by atoms with Gasteiger partial charge in [0, 0.05) is 18.7 Å². The Balaban J connectivity index is 1.75. The highest BCUT2D eigenvalue weighted by atomic mass is 16.2. The zero-order valence-electron chi connectivity index (χ0n) is 14.2. The molecule has 2 aromatic rings. The van der Waals surface area contributed by atoms with Crippen molar-refractivity contribution in [1.29, 1.82) is 5.26 Å². The number of nitriles is 1. The zero-order valence-corrected chi connectivity index (χ0v) is 14.2. The van der Waals surface area contributed by atoms with E-state index in [9.17, 15) is 9.59 Å². The third kappa shape index (κ3) is 6.48. The summed E-state index contributed by atoms with van der Waals surface area (Å²) >= 11 is 0. The van der Waals surface area contributed by atoms with Crippen molar-refractivity contribution in [3.05, 3.63) is 65.2 Å². The number of carbonyl (C=O) groups excluding carboxylic acids is 2. The Bertz CT molecular complexity index is 759. The lowest BCUT2D eigenvalue weighted by Gasteiger charge is -2.07. The van der Waals surface area contributed by atoms with E-state index in [2.05, 4.69) is 10.6 Å². The zero-order chi connectivity index (χ0) is 18.1. The summed E-state index contributed by atoms with van der Waals surface area (Å²) in [7, 11) is 0. The molecule has 0 aromatic heterocycles. The molecule has 0 aliphatic heterocycles. The smallest absolute Gasteiger partial charge is 0.238 e. The van der Waals surface area contributed by atoms with Gasteiger partial charge in [-0.3, -0.25) is 9.59 Å². The summed E-state index contributed by atoms with van der Waals surface area (Å²) in [5.74, 6) is -0.327. The van der Waals surface area contributed by atoms with Crippen LogP contribution in [-0.2, 0) is 22.6 Å². The monoisotopic (exact) mass is 335 g/mol. The Hall–Kier alpha value is -3.13. The highest BCUT2D eigenvalue weighted by Crippen LogP contribution is 2.10. The first-order valence-electron chi connectivity index (χ1n) is 8.15. The van der Waals surface area contributed by atoms with Crippen molar-refractivity contribution in [3.63, 3.8) is 0 Å². The van der Waals surface area contributed by atoms with Crippen LogP contribution in [0, 0.1) is 18.3 Å². The fourth-order valence-corrected chi connectivity index (χ4v) is 2.28. The number of nitrogens with one attached hydrogen (secondary N) is 2. The number of amides is 2. The summed E-state index contributed by atoms with van der Waals surface area (Å²) in [6, 6.07) is 17.2. The first-order chi connectivity index (χ1) is 12.1. The topological polar surface area (TPSA) is 82.0 Å². The highest BCUT2D eigenvalue weighted by molar-refractivity contribution is 5.92. The van der Waals surface area contributed by atoms with Gasteiger partial charge in [0.1, 0.15) is 6.42 Å². The molecule has 2 amide bonds. The second-order valence-electron chi connectivity index (χ2n) is 5.84. The number of aryl methyl sites for hydroxylation is 2. The molecule has 0 bridgehead atoms. The third-order valence-corrected chi connectivity index (χ3v) is 3.73. The van der Waals surface area contributed by atoms with E-state index in [1.807, 2.05) is 43.3 Å². The van der Waals surface area contributed by atoms with Gasteiger partial charge in [0.25, 0.3) is 0 Å². The van der Waals surface area contributed by atoms with E-state index < -0.39 is 0 Å². The Morgan fingerprint density at radius 1 is 0.960 bits per heavy atom. The lowest BCUT2D eigenvalue weighted by atomic mass is 10.1. The van der Waals surface area contributed by atoms with Gasteiger partial charge in [-0.15, -0.1) is 0 Å². The second kappa shape index (κ2) is 9.24. The van der Waals surface area contributed by atoms with Gasteiger partial charge in [-0.1, -0.05) is 42.0 Å². The number of carbonyl (C=O) groups is 2. The minimum absolute atomic E-state index is 0.00646. The summed E-state index contributed by atoms with van der Waals surface area (Å²) in [5.41, 5.74) is 3.94. The van der Waals surface area contributed by atoms with Gasteiger partial charge in [-0.2, -0.15) is 5.26 Å². The molecule has 128 valence electrons. The van der Waals surface area contributed by atoms with Crippen molar-refractivity contribution in [2.75, 3.05) is 5.32 Å². The Kier molecular flexibility index (Phi) is 6.73. The standard InChI is InChI=1S/C20H21N3O2/c1-15-2-4-16(5-3-15)8-11-19(24)22-14-17-6-9-18(10-7-17)23-20(25)12-13-21/h2-7,9-10H,8,11-12,14H2,1H3,(H,22,24)(H,23,25). The van der Waals surface area contributed by atoms with Gasteiger partial charge in [-0.05, 0) is 36.6 Å². The van der Waals surface area contributed by atoms with Crippen molar-refractivity contribution in [2.45, 2.75) is 32.7 Å². The van der Waals surface area contributed by atoms with Crippen molar-refractivity contribution < 1.29 is 9.59 Å². The van der Waals surface area contributed by atoms with Crippen LogP contribution in [0.4, 0.5) is 5.69 Å². The predicted molar refractivity (Wildman–Crippen MR) is 96.6 cm³/mol. The fourth-order valence-electron chi connectivity index (χ4n) is 2.28. The molecule has 0 aliphatic rings. The van der Waals surface area contributed by atoms with Gasteiger partial charge in [0.15, 0.2) is 0 Å². The van der Waals surface area contributed by atoms with Gasteiger partial charge in [0.05, 0.1) is 6.07 Å². The molecular weight excluding hydrogens is 314 g/mol. The molecule has 0 heterocycles. The average Bonchev–Trinajstić information content (AvgIpc) is 2.61. The fraction of sp³-hybridized carbons (Fsp3) is 0.250. The molecule has 2 N–H and O–H groups in total. The number of nitrogens with zero attached hydrogens (tertiary/aromatic N) is 1. The van der Waals surface area contributed by atoms with E-state index in [1.165, 1.54) is 5.56 Å². The lowest BCUT2D eigenvalue weighted by molar-refractivity contribution is -0.121. The summed E-state index contributed by atoms with van der Waals surface area (Å²) in [6.45, 7) is 2.48. The van der Waals surface area contributed by atoms with Gasteiger partial charge in [0.2, 0.25) is 11.8 Å². The van der Waals surface area contributed by atoms with Gasteiger partial charge >= 0.3 is 0 Å². The number of hydrogen-bond acceptors (Lipinski definition) is 3. The van der Waals surface area contributed by atoms with Crippen LogP contribution in [0.2, 0.25) is 0 Å². The van der Waals surface area contributed by atoms with Crippen LogP contribution >= 0.6 is 0 Å². The molecule has 0 unspecified atom stereocenters. The van der Waals surface area contributed by atoms with E-state index in [4.69, 9.17) is 5.26 Å². The van der Waals surface area contributed by atoms with Gasteiger partial charge < -0.3 is 10.6 Å². The molecule has 25 heavy (non-hydrogen) atoms. The molecule has 2 rings (SSSR count). The molecule has 0 spiro atoms. The average molecular weight is 335 g/mol. The molecule has 5 nitrogen and oxygen atoms in total. The molecule has 0 fully saturated rings. The third-order valence-electron chi connectivity index (χ3n) is 3.73. The van der Waals surface area contributed by atoms with E-state index in [0.717, 1.165) is 17.5 Å². The number of rotatable bonds is 7. The maximum atomic E-state index is 11.9. The molecular formula is C20H21N3O2. The maximum absolute atomic E-state index is 11.9. The first kappa shape index (κ1) is 18.2. The maximum Gasteiger partial charge on any atom is 0.238 e. The number of benzene rings is 2. The number of anilines is 1. The van der Waals surface area contributed by atoms with Crippen LogP contribution in [0.1, 0.15) is 29.5 Å².